The quantitative estimate of drug-likeness (QED) is 0.314. The molecule has 2 heterocycles. The number of hydrogen-bond acceptors (Lipinski definition) is 4. The average Bonchev–Trinajstić information content (AvgIpc) is 3.32. The SMILES string of the molecule is Cc1ccc(C(=O)Nc2cccc(OCc3cn4ccccc4n3)c2)cc1NC(=O)c1ccccc1. The molecule has 0 spiro atoms. The minimum Gasteiger partial charge on any atom is -0.487 e. The fourth-order valence-electron chi connectivity index (χ4n) is 3.76. The van der Waals surface area contributed by atoms with Gasteiger partial charge in [0.15, 0.2) is 0 Å². The monoisotopic (exact) mass is 476 g/mol. The lowest BCUT2D eigenvalue weighted by Gasteiger charge is -2.12. The molecule has 7 nitrogen and oxygen atoms in total. The van der Waals surface area contributed by atoms with Gasteiger partial charge in [-0.25, -0.2) is 4.98 Å². The van der Waals surface area contributed by atoms with Gasteiger partial charge in [-0.1, -0.05) is 36.4 Å². The number of nitrogens with one attached hydrogen (secondary N) is 2. The van der Waals surface area contributed by atoms with Crippen molar-refractivity contribution in [1.29, 1.82) is 0 Å². The first-order valence-corrected chi connectivity index (χ1v) is 11.5. The number of aromatic nitrogens is 2. The zero-order valence-corrected chi connectivity index (χ0v) is 19.6. The smallest absolute Gasteiger partial charge is 0.255 e. The van der Waals surface area contributed by atoms with Crippen LogP contribution >= 0.6 is 0 Å². The lowest BCUT2D eigenvalue weighted by atomic mass is 10.1. The molecule has 0 bridgehead atoms. The fourth-order valence-corrected chi connectivity index (χ4v) is 3.76. The van der Waals surface area contributed by atoms with Crippen molar-refractivity contribution < 1.29 is 14.3 Å². The summed E-state index contributed by atoms with van der Waals surface area (Å²) in [6.07, 6.45) is 3.86. The Morgan fingerprint density at radius 2 is 1.64 bits per heavy atom. The summed E-state index contributed by atoms with van der Waals surface area (Å²) in [7, 11) is 0. The molecule has 0 aliphatic rings. The van der Waals surface area contributed by atoms with Crippen molar-refractivity contribution in [1.82, 2.24) is 9.38 Å². The van der Waals surface area contributed by atoms with Crippen LogP contribution in [0.3, 0.4) is 0 Å². The number of nitrogens with zero attached hydrogens (tertiary/aromatic N) is 2. The van der Waals surface area contributed by atoms with Crippen LogP contribution in [-0.2, 0) is 6.61 Å². The number of pyridine rings is 1. The summed E-state index contributed by atoms with van der Waals surface area (Å²) < 4.78 is 7.83. The number of fused-ring (bicyclic) bond motifs is 1. The van der Waals surface area contributed by atoms with Gasteiger partial charge in [0, 0.05) is 41.0 Å². The van der Waals surface area contributed by atoms with E-state index in [2.05, 4.69) is 15.6 Å². The van der Waals surface area contributed by atoms with Gasteiger partial charge in [-0.15, -0.1) is 0 Å². The lowest BCUT2D eigenvalue weighted by Crippen LogP contribution is -2.15. The van der Waals surface area contributed by atoms with Crippen LogP contribution in [0.2, 0.25) is 0 Å². The number of carbonyl (C=O) groups excluding carboxylic acids is 2. The number of hydrogen-bond donors (Lipinski definition) is 2. The van der Waals surface area contributed by atoms with Gasteiger partial charge in [0.2, 0.25) is 0 Å². The summed E-state index contributed by atoms with van der Waals surface area (Å²) in [5.74, 6) is 0.0963. The maximum Gasteiger partial charge on any atom is 0.255 e. The molecule has 36 heavy (non-hydrogen) atoms. The molecule has 2 amide bonds. The van der Waals surface area contributed by atoms with E-state index in [0.717, 1.165) is 16.9 Å². The Hall–Kier alpha value is -4.91. The van der Waals surface area contributed by atoms with Crippen molar-refractivity contribution >= 4 is 28.8 Å². The van der Waals surface area contributed by atoms with Crippen LogP contribution in [0.25, 0.3) is 5.65 Å². The van der Waals surface area contributed by atoms with Crippen LogP contribution in [0.5, 0.6) is 5.75 Å². The van der Waals surface area contributed by atoms with E-state index in [-0.39, 0.29) is 11.8 Å². The van der Waals surface area contributed by atoms with Gasteiger partial charge < -0.3 is 19.8 Å². The van der Waals surface area contributed by atoms with Crippen LogP contribution in [0.4, 0.5) is 11.4 Å². The topological polar surface area (TPSA) is 84.7 Å². The molecule has 0 atom stereocenters. The molecule has 3 aromatic carbocycles. The van der Waals surface area contributed by atoms with Crippen molar-refractivity contribution in [3.05, 3.63) is 126 Å². The molecule has 2 aromatic heterocycles. The number of ether oxygens (including phenoxy) is 1. The van der Waals surface area contributed by atoms with E-state index < -0.39 is 0 Å². The van der Waals surface area contributed by atoms with Crippen LogP contribution in [0, 0.1) is 6.92 Å². The first-order chi connectivity index (χ1) is 17.5. The third-order valence-electron chi connectivity index (χ3n) is 5.68. The minimum atomic E-state index is -0.289. The zero-order chi connectivity index (χ0) is 24.9. The third-order valence-corrected chi connectivity index (χ3v) is 5.68. The number of imidazole rings is 1. The Bertz CT molecular complexity index is 1510. The molecular weight excluding hydrogens is 452 g/mol. The van der Waals surface area contributed by atoms with E-state index in [0.29, 0.717) is 34.9 Å². The van der Waals surface area contributed by atoms with E-state index in [1.165, 1.54) is 0 Å². The number of amides is 2. The van der Waals surface area contributed by atoms with Gasteiger partial charge >= 0.3 is 0 Å². The molecule has 0 unspecified atom stereocenters. The third kappa shape index (κ3) is 5.26. The highest BCUT2D eigenvalue weighted by Crippen LogP contribution is 2.22. The van der Waals surface area contributed by atoms with Crippen molar-refractivity contribution in [2.24, 2.45) is 0 Å². The summed E-state index contributed by atoms with van der Waals surface area (Å²) in [4.78, 5) is 30.0. The van der Waals surface area contributed by atoms with Crippen LogP contribution < -0.4 is 15.4 Å². The average molecular weight is 477 g/mol. The molecule has 0 fully saturated rings. The lowest BCUT2D eigenvalue weighted by molar-refractivity contribution is 0.101. The van der Waals surface area contributed by atoms with E-state index in [1.807, 2.05) is 66.2 Å². The number of benzene rings is 3. The number of anilines is 2. The van der Waals surface area contributed by atoms with E-state index in [9.17, 15) is 9.59 Å². The maximum absolute atomic E-state index is 12.9. The fraction of sp³-hybridized carbons (Fsp3) is 0.0690. The van der Waals surface area contributed by atoms with Gasteiger partial charge in [0.25, 0.3) is 11.8 Å². The second-order valence-electron chi connectivity index (χ2n) is 8.32. The minimum absolute atomic E-state index is 0.230. The molecule has 5 aromatic rings. The summed E-state index contributed by atoms with van der Waals surface area (Å²) >= 11 is 0. The maximum atomic E-state index is 12.9. The molecule has 7 heteroatoms. The Morgan fingerprint density at radius 3 is 2.47 bits per heavy atom. The predicted octanol–water partition coefficient (Wildman–Crippen LogP) is 5.73. The van der Waals surface area contributed by atoms with Gasteiger partial charge in [-0.05, 0) is 61.0 Å². The van der Waals surface area contributed by atoms with Crippen LogP contribution in [0.1, 0.15) is 32.0 Å². The molecule has 178 valence electrons. The Balaban J connectivity index is 1.25. The molecular formula is C29H24N4O3. The number of aryl methyl sites for hydroxylation is 1. The van der Waals surface area contributed by atoms with Crippen molar-refractivity contribution in [2.45, 2.75) is 13.5 Å². The van der Waals surface area contributed by atoms with Crippen LogP contribution in [0.15, 0.2) is 103 Å². The highest BCUT2D eigenvalue weighted by atomic mass is 16.5. The normalized spacial score (nSPS) is 10.7. The van der Waals surface area contributed by atoms with Crippen LogP contribution in [-0.4, -0.2) is 21.2 Å². The number of rotatable bonds is 7. The largest absolute Gasteiger partial charge is 0.487 e. The molecule has 0 saturated heterocycles. The second-order valence-corrected chi connectivity index (χ2v) is 8.32. The highest BCUT2D eigenvalue weighted by Gasteiger charge is 2.12. The summed E-state index contributed by atoms with van der Waals surface area (Å²) in [6.45, 7) is 2.19. The van der Waals surface area contributed by atoms with Gasteiger partial charge in [-0.3, -0.25) is 9.59 Å². The summed E-state index contributed by atoms with van der Waals surface area (Å²) in [6, 6.07) is 27.2. The highest BCUT2D eigenvalue weighted by molar-refractivity contribution is 6.07. The van der Waals surface area contributed by atoms with E-state index >= 15 is 0 Å². The molecule has 0 aliphatic carbocycles. The Kier molecular flexibility index (Phi) is 6.44. The molecule has 0 radical (unpaired) electrons. The summed E-state index contributed by atoms with van der Waals surface area (Å²) in [5.41, 5.74) is 4.68. The molecule has 2 N–H and O–H groups in total. The molecule has 0 aliphatic heterocycles. The standard InChI is InChI=1S/C29H24N4O3/c1-20-13-14-22(16-26(20)32-28(34)21-8-3-2-4-9-21)29(35)31-23-10-7-11-25(17-23)36-19-24-18-33-15-6-5-12-27(33)30-24/h2-18H,19H2,1H3,(H,31,35)(H,32,34). The molecule has 5 rings (SSSR count). The second kappa shape index (κ2) is 10.1. The predicted molar refractivity (Wildman–Crippen MR) is 139 cm³/mol. The van der Waals surface area contributed by atoms with Gasteiger partial charge in [0.05, 0.1) is 5.69 Å². The van der Waals surface area contributed by atoms with E-state index in [4.69, 9.17) is 4.74 Å². The van der Waals surface area contributed by atoms with Crippen molar-refractivity contribution in [3.63, 3.8) is 0 Å². The van der Waals surface area contributed by atoms with E-state index in [1.54, 1.807) is 48.5 Å². The first-order valence-electron chi connectivity index (χ1n) is 11.5. The van der Waals surface area contributed by atoms with Crippen molar-refractivity contribution in [2.75, 3.05) is 10.6 Å². The van der Waals surface area contributed by atoms with Gasteiger partial charge in [0.1, 0.15) is 18.0 Å². The molecule has 0 saturated carbocycles. The Morgan fingerprint density at radius 1 is 0.833 bits per heavy atom. The summed E-state index contributed by atoms with van der Waals surface area (Å²) in [5, 5.41) is 5.79. The van der Waals surface area contributed by atoms with Gasteiger partial charge in [-0.2, -0.15) is 0 Å². The Labute approximate surface area is 208 Å². The zero-order valence-electron chi connectivity index (χ0n) is 19.6. The first kappa shape index (κ1) is 22.9. The number of carbonyl (C=O) groups is 2. The van der Waals surface area contributed by atoms with Crippen molar-refractivity contribution in [3.8, 4) is 5.75 Å².